The second-order valence-electron chi connectivity index (χ2n) is 4.40. The SMILES string of the molecule is CCOC(CC)(CC)c1ncc2c(n1)CNC2. The van der Waals surface area contributed by atoms with Gasteiger partial charge in [0.1, 0.15) is 5.60 Å². The third-order valence-electron chi connectivity index (χ3n) is 3.53. The first-order valence-electron chi connectivity index (χ1n) is 6.45. The third kappa shape index (κ3) is 2.19. The van der Waals surface area contributed by atoms with E-state index in [1.54, 1.807) is 0 Å². The van der Waals surface area contributed by atoms with E-state index in [2.05, 4.69) is 29.1 Å². The lowest BCUT2D eigenvalue weighted by molar-refractivity contribution is -0.0573. The van der Waals surface area contributed by atoms with Gasteiger partial charge in [-0.2, -0.15) is 0 Å². The zero-order valence-electron chi connectivity index (χ0n) is 10.9. The van der Waals surface area contributed by atoms with Crippen molar-refractivity contribution in [2.24, 2.45) is 0 Å². The van der Waals surface area contributed by atoms with Crippen LogP contribution in [-0.2, 0) is 23.4 Å². The van der Waals surface area contributed by atoms with E-state index in [0.29, 0.717) is 6.61 Å². The van der Waals surface area contributed by atoms with Gasteiger partial charge in [0.25, 0.3) is 0 Å². The molecule has 0 atom stereocenters. The fourth-order valence-corrected chi connectivity index (χ4v) is 2.39. The molecule has 0 amide bonds. The molecule has 1 aromatic heterocycles. The van der Waals surface area contributed by atoms with Gasteiger partial charge in [-0.25, -0.2) is 9.97 Å². The molecule has 4 heteroatoms. The smallest absolute Gasteiger partial charge is 0.160 e. The van der Waals surface area contributed by atoms with Crippen LogP contribution in [0.3, 0.4) is 0 Å². The van der Waals surface area contributed by atoms with Crippen LogP contribution < -0.4 is 5.32 Å². The molecule has 0 aliphatic carbocycles. The van der Waals surface area contributed by atoms with Crippen LogP contribution in [0.4, 0.5) is 0 Å². The van der Waals surface area contributed by atoms with Crippen LogP contribution in [0.15, 0.2) is 6.20 Å². The topological polar surface area (TPSA) is 47.0 Å². The molecule has 0 saturated carbocycles. The summed E-state index contributed by atoms with van der Waals surface area (Å²) in [6.07, 6.45) is 3.75. The highest BCUT2D eigenvalue weighted by atomic mass is 16.5. The van der Waals surface area contributed by atoms with Gasteiger partial charge in [-0.05, 0) is 19.8 Å². The Kier molecular flexibility index (Phi) is 3.74. The minimum atomic E-state index is -0.313. The van der Waals surface area contributed by atoms with E-state index in [0.717, 1.165) is 37.4 Å². The summed E-state index contributed by atoms with van der Waals surface area (Å²) in [5.41, 5.74) is 2.03. The average Bonchev–Trinajstić information content (AvgIpc) is 2.83. The lowest BCUT2D eigenvalue weighted by atomic mass is 9.95. The molecule has 2 heterocycles. The maximum absolute atomic E-state index is 5.93. The summed E-state index contributed by atoms with van der Waals surface area (Å²) in [6, 6.07) is 0. The van der Waals surface area contributed by atoms with Gasteiger partial charge in [0.2, 0.25) is 0 Å². The fraction of sp³-hybridized carbons (Fsp3) is 0.692. The van der Waals surface area contributed by atoms with Crippen LogP contribution in [0.1, 0.15) is 50.7 Å². The van der Waals surface area contributed by atoms with Crippen molar-refractivity contribution in [2.75, 3.05) is 6.61 Å². The van der Waals surface area contributed by atoms with Gasteiger partial charge in [0.15, 0.2) is 5.82 Å². The Labute approximate surface area is 103 Å². The second kappa shape index (κ2) is 5.10. The van der Waals surface area contributed by atoms with Crippen LogP contribution in [0.5, 0.6) is 0 Å². The molecule has 0 bridgehead atoms. The predicted molar refractivity (Wildman–Crippen MR) is 66.5 cm³/mol. The van der Waals surface area contributed by atoms with Gasteiger partial charge in [0.05, 0.1) is 5.69 Å². The molecule has 1 aliphatic heterocycles. The molecule has 0 fully saturated rings. The highest BCUT2D eigenvalue weighted by Gasteiger charge is 2.33. The number of ether oxygens (including phenoxy) is 1. The molecule has 0 saturated heterocycles. The lowest BCUT2D eigenvalue weighted by Gasteiger charge is -2.30. The molecule has 0 aromatic carbocycles. The minimum Gasteiger partial charge on any atom is -0.367 e. The molecule has 17 heavy (non-hydrogen) atoms. The molecule has 2 rings (SSSR count). The van der Waals surface area contributed by atoms with Crippen LogP contribution in [0, 0.1) is 0 Å². The second-order valence-corrected chi connectivity index (χ2v) is 4.40. The monoisotopic (exact) mass is 235 g/mol. The maximum Gasteiger partial charge on any atom is 0.160 e. The first kappa shape index (κ1) is 12.5. The standard InChI is InChI=1S/C13H21N3O/c1-4-13(5-2,17-6-3)12-15-8-10-7-14-9-11(10)16-12/h8,14H,4-7,9H2,1-3H3. The molecule has 0 radical (unpaired) electrons. The van der Waals surface area contributed by atoms with Crippen molar-refractivity contribution < 1.29 is 4.74 Å². The normalized spacial score (nSPS) is 15.0. The van der Waals surface area contributed by atoms with E-state index in [4.69, 9.17) is 4.74 Å². The minimum absolute atomic E-state index is 0.313. The number of hydrogen-bond donors (Lipinski definition) is 1. The van der Waals surface area contributed by atoms with Crippen molar-refractivity contribution in [2.45, 2.75) is 52.3 Å². The van der Waals surface area contributed by atoms with E-state index < -0.39 is 0 Å². The molecule has 1 N–H and O–H groups in total. The average molecular weight is 235 g/mol. The van der Waals surface area contributed by atoms with Gasteiger partial charge in [0, 0.05) is 31.5 Å². The summed E-state index contributed by atoms with van der Waals surface area (Å²) < 4.78 is 5.93. The van der Waals surface area contributed by atoms with Crippen molar-refractivity contribution in [3.05, 3.63) is 23.3 Å². The predicted octanol–water partition coefficient (Wildman–Crippen LogP) is 2.13. The number of aromatic nitrogens is 2. The highest BCUT2D eigenvalue weighted by molar-refractivity contribution is 5.22. The van der Waals surface area contributed by atoms with Crippen LogP contribution in [0.2, 0.25) is 0 Å². The van der Waals surface area contributed by atoms with E-state index in [-0.39, 0.29) is 5.60 Å². The Balaban J connectivity index is 2.36. The van der Waals surface area contributed by atoms with Gasteiger partial charge in [-0.1, -0.05) is 13.8 Å². The maximum atomic E-state index is 5.93. The Bertz CT molecular complexity index is 388. The van der Waals surface area contributed by atoms with Crippen molar-refractivity contribution in [1.29, 1.82) is 0 Å². The summed E-state index contributed by atoms with van der Waals surface area (Å²) in [6.45, 7) is 8.72. The van der Waals surface area contributed by atoms with Crippen molar-refractivity contribution in [3.8, 4) is 0 Å². The zero-order chi connectivity index (χ0) is 12.3. The number of nitrogens with zero attached hydrogens (tertiary/aromatic N) is 2. The quantitative estimate of drug-likeness (QED) is 0.849. The molecule has 4 nitrogen and oxygen atoms in total. The number of fused-ring (bicyclic) bond motifs is 1. The van der Waals surface area contributed by atoms with Gasteiger partial charge in [-0.3, -0.25) is 0 Å². The lowest BCUT2D eigenvalue weighted by Crippen LogP contribution is -2.31. The van der Waals surface area contributed by atoms with E-state index in [1.165, 1.54) is 5.56 Å². The van der Waals surface area contributed by atoms with Gasteiger partial charge in [-0.15, -0.1) is 0 Å². The fourth-order valence-electron chi connectivity index (χ4n) is 2.39. The summed E-state index contributed by atoms with van der Waals surface area (Å²) >= 11 is 0. The Morgan fingerprint density at radius 2 is 2.06 bits per heavy atom. The number of rotatable bonds is 5. The zero-order valence-corrected chi connectivity index (χ0v) is 10.9. The van der Waals surface area contributed by atoms with E-state index in [9.17, 15) is 0 Å². The highest BCUT2D eigenvalue weighted by Crippen LogP contribution is 2.31. The first-order chi connectivity index (χ1) is 8.25. The molecule has 0 unspecified atom stereocenters. The van der Waals surface area contributed by atoms with Crippen molar-refractivity contribution in [1.82, 2.24) is 15.3 Å². The van der Waals surface area contributed by atoms with Gasteiger partial charge < -0.3 is 10.1 Å². The Morgan fingerprint density at radius 3 is 2.71 bits per heavy atom. The Hall–Kier alpha value is -1.00. The van der Waals surface area contributed by atoms with E-state index in [1.807, 2.05) is 13.1 Å². The van der Waals surface area contributed by atoms with Crippen LogP contribution in [0.25, 0.3) is 0 Å². The van der Waals surface area contributed by atoms with Gasteiger partial charge >= 0.3 is 0 Å². The largest absolute Gasteiger partial charge is 0.367 e. The Morgan fingerprint density at radius 1 is 1.29 bits per heavy atom. The summed E-state index contributed by atoms with van der Waals surface area (Å²) in [4.78, 5) is 9.19. The summed E-state index contributed by atoms with van der Waals surface area (Å²) in [5.74, 6) is 0.840. The van der Waals surface area contributed by atoms with Crippen LogP contribution in [-0.4, -0.2) is 16.6 Å². The molecular weight excluding hydrogens is 214 g/mol. The molecule has 1 aromatic rings. The first-order valence-corrected chi connectivity index (χ1v) is 6.45. The van der Waals surface area contributed by atoms with Crippen LogP contribution >= 0.6 is 0 Å². The molecule has 1 aliphatic rings. The summed E-state index contributed by atoms with van der Waals surface area (Å²) in [7, 11) is 0. The van der Waals surface area contributed by atoms with Crippen molar-refractivity contribution >= 4 is 0 Å². The molecule has 94 valence electrons. The molecule has 0 spiro atoms. The third-order valence-corrected chi connectivity index (χ3v) is 3.53. The molecular formula is C13H21N3O. The van der Waals surface area contributed by atoms with Crippen molar-refractivity contribution in [3.63, 3.8) is 0 Å². The van der Waals surface area contributed by atoms with E-state index >= 15 is 0 Å². The number of hydrogen-bond acceptors (Lipinski definition) is 4. The number of nitrogens with one attached hydrogen (secondary N) is 1. The summed E-state index contributed by atoms with van der Waals surface area (Å²) in [5, 5.41) is 3.29.